The molecule has 3 aliphatic rings. The van der Waals surface area contributed by atoms with E-state index in [0.29, 0.717) is 12.0 Å². The van der Waals surface area contributed by atoms with Gasteiger partial charge < -0.3 is 15.5 Å². The van der Waals surface area contributed by atoms with Crippen LogP contribution in [0, 0.1) is 6.92 Å². The first-order chi connectivity index (χ1) is 15.8. The van der Waals surface area contributed by atoms with Crippen LogP contribution >= 0.6 is 0 Å². The van der Waals surface area contributed by atoms with Crippen molar-refractivity contribution in [1.29, 1.82) is 0 Å². The van der Waals surface area contributed by atoms with Gasteiger partial charge in [-0.3, -0.25) is 4.68 Å². The van der Waals surface area contributed by atoms with Crippen molar-refractivity contribution in [1.82, 2.24) is 30.0 Å². The van der Waals surface area contributed by atoms with Gasteiger partial charge in [-0.05, 0) is 50.3 Å². The van der Waals surface area contributed by atoms with E-state index in [1.54, 1.807) is 0 Å². The number of aryl methyl sites for hydroxylation is 2. The molecule has 2 fully saturated rings. The van der Waals surface area contributed by atoms with Crippen LogP contribution in [0.3, 0.4) is 0 Å². The van der Waals surface area contributed by atoms with Crippen LogP contribution in [-0.4, -0.2) is 50.9 Å². The van der Waals surface area contributed by atoms with Crippen molar-refractivity contribution in [3.8, 4) is 11.3 Å². The topological polar surface area (TPSA) is 83.8 Å². The Kier molecular flexibility index (Phi) is 5.02. The molecule has 0 bridgehead atoms. The fourth-order valence-electron chi connectivity index (χ4n) is 5.40. The number of nitrogens with one attached hydrogen (secondary N) is 2. The number of fused-ring (bicyclic) bond motifs is 3. The second-order valence-corrected chi connectivity index (χ2v) is 9.12. The van der Waals surface area contributed by atoms with E-state index >= 15 is 0 Å². The van der Waals surface area contributed by atoms with E-state index in [9.17, 15) is 0 Å². The number of rotatable bonds is 4. The van der Waals surface area contributed by atoms with Crippen molar-refractivity contribution in [3.05, 3.63) is 41.5 Å². The third-order valence-electron chi connectivity index (χ3n) is 7.06. The van der Waals surface area contributed by atoms with Gasteiger partial charge in [0.15, 0.2) is 0 Å². The molecule has 0 unspecified atom stereocenters. The third kappa shape index (κ3) is 3.52. The summed E-state index contributed by atoms with van der Waals surface area (Å²) < 4.78 is 2.31. The summed E-state index contributed by atoms with van der Waals surface area (Å²) in [6.07, 6.45) is 11.0. The number of anilines is 3. The molecule has 32 heavy (non-hydrogen) atoms. The second kappa shape index (κ2) is 8.16. The smallest absolute Gasteiger partial charge is 0.228 e. The molecule has 3 aromatic heterocycles. The monoisotopic (exact) mass is 430 g/mol. The van der Waals surface area contributed by atoms with Gasteiger partial charge in [0.25, 0.3) is 0 Å². The van der Waals surface area contributed by atoms with E-state index < -0.39 is 0 Å². The zero-order chi connectivity index (χ0) is 21.5. The summed E-state index contributed by atoms with van der Waals surface area (Å²) in [6, 6.07) is 4.68. The van der Waals surface area contributed by atoms with Crippen LogP contribution in [0.5, 0.6) is 0 Å². The zero-order valence-corrected chi connectivity index (χ0v) is 18.6. The lowest BCUT2D eigenvalue weighted by atomic mass is 9.93. The first kappa shape index (κ1) is 19.7. The number of hydrogen-bond donors (Lipinski definition) is 2. The molecular weight excluding hydrogens is 400 g/mol. The Morgan fingerprint density at radius 3 is 2.66 bits per heavy atom. The van der Waals surface area contributed by atoms with Crippen molar-refractivity contribution >= 4 is 17.5 Å². The van der Waals surface area contributed by atoms with E-state index in [0.717, 1.165) is 61.9 Å². The van der Waals surface area contributed by atoms with Gasteiger partial charge >= 0.3 is 0 Å². The molecule has 1 saturated heterocycles. The highest BCUT2D eigenvalue weighted by Gasteiger charge is 2.29. The van der Waals surface area contributed by atoms with Crippen LogP contribution in [0.4, 0.5) is 17.5 Å². The molecule has 8 heteroatoms. The van der Waals surface area contributed by atoms with Crippen LogP contribution in [0.1, 0.15) is 48.7 Å². The fraction of sp³-hybridized carbons (Fsp3) is 0.500. The third-order valence-corrected chi connectivity index (χ3v) is 7.06. The van der Waals surface area contributed by atoms with E-state index in [1.165, 1.54) is 42.5 Å². The van der Waals surface area contributed by atoms with Crippen LogP contribution in [0.25, 0.3) is 11.3 Å². The molecule has 0 amide bonds. The van der Waals surface area contributed by atoms with Crippen molar-refractivity contribution in [3.63, 3.8) is 0 Å². The lowest BCUT2D eigenvalue weighted by Gasteiger charge is -2.29. The Morgan fingerprint density at radius 2 is 1.88 bits per heavy atom. The van der Waals surface area contributed by atoms with Gasteiger partial charge in [-0.15, -0.1) is 0 Å². The average Bonchev–Trinajstić information content (AvgIpc) is 3.48. The van der Waals surface area contributed by atoms with Gasteiger partial charge in [0.1, 0.15) is 5.82 Å². The summed E-state index contributed by atoms with van der Waals surface area (Å²) in [5.74, 6) is 1.35. The zero-order valence-electron chi connectivity index (χ0n) is 18.6. The minimum Gasteiger partial charge on any atom is -0.368 e. The Bertz CT molecular complexity index is 1110. The van der Waals surface area contributed by atoms with E-state index in [2.05, 4.69) is 43.2 Å². The maximum absolute atomic E-state index is 4.96. The van der Waals surface area contributed by atoms with Gasteiger partial charge in [-0.1, -0.05) is 12.8 Å². The highest BCUT2D eigenvalue weighted by atomic mass is 15.3. The standard InChI is InChI=1S/C24H30N8/c1-16-22-20(32(30-16)18-4-2-3-5-18)8-6-17-14-27-24(29-23(17)22)28-21-9-7-19(15-26-21)31-12-10-25-11-13-31/h7,9,14-15,18,25H,2-6,8,10-13H2,1H3,(H,26,27,28,29). The van der Waals surface area contributed by atoms with Crippen molar-refractivity contribution in [2.24, 2.45) is 0 Å². The van der Waals surface area contributed by atoms with Gasteiger partial charge in [0, 0.05) is 43.6 Å². The fourth-order valence-corrected chi connectivity index (χ4v) is 5.40. The Balaban J connectivity index is 1.26. The molecule has 0 radical (unpaired) electrons. The Labute approximate surface area is 188 Å². The van der Waals surface area contributed by atoms with Gasteiger partial charge in [0.2, 0.25) is 5.95 Å². The maximum atomic E-state index is 4.96. The number of piperazine rings is 1. The van der Waals surface area contributed by atoms with E-state index in [-0.39, 0.29) is 0 Å². The first-order valence-corrected chi connectivity index (χ1v) is 11.9. The minimum absolute atomic E-state index is 0.553. The molecule has 6 rings (SSSR count). The summed E-state index contributed by atoms with van der Waals surface area (Å²) in [4.78, 5) is 16.5. The predicted molar refractivity (Wildman–Crippen MR) is 126 cm³/mol. The van der Waals surface area contributed by atoms with Crippen LogP contribution in [0.2, 0.25) is 0 Å². The maximum Gasteiger partial charge on any atom is 0.228 e. The molecule has 1 aliphatic heterocycles. The van der Waals surface area contributed by atoms with Crippen molar-refractivity contribution in [2.75, 3.05) is 36.4 Å². The Morgan fingerprint density at radius 1 is 1.03 bits per heavy atom. The predicted octanol–water partition coefficient (Wildman–Crippen LogP) is 3.41. The number of hydrogen-bond acceptors (Lipinski definition) is 7. The highest BCUT2D eigenvalue weighted by Crippen LogP contribution is 2.39. The normalized spacial score (nSPS) is 18.5. The molecule has 4 heterocycles. The number of aromatic nitrogens is 5. The van der Waals surface area contributed by atoms with Crippen LogP contribution < -0.4 is 15.5 Å². The van der Waals surface area contributed by atoms with Crippen LogP contribution in [0.15, 0.2) is 24.5 Å². The molecule has 0 spiro atoms. The molecule has 0 atom stereocenters. The number of nitrogens with zero attached hydrogens (tertiary/aromatic N) is 6. The summed E-state index contributed by atoms with van der Waals surface area (Å²) in [5, 5.41) is 11.6. The molecule has 2 aliphatic carbocycles. The molecular formula is C24H30N8. The summed E-state index contributed by atoms with van der Waals surface area (Å²) in [7, 11) is 0. The molecule has 0 aromatic carbocycles. The van der Waals surface area contributed by atoms with Crippen LogP contribution in [-0.2, 0) is 12.8 Å². The number of pyridine rings is 1. The molecule has 1 saturated carbocycles. The lowest BCUT2D eigenvalue weighted by Crippen LogP contribution is -2.43. The summed E-state index contributed by atoms with van der Waals surface area (Å²) in [5.41, 5.74) is 7.04. The summed E-state index contributed by atoms with van der Waals surface area (Å²) in [6.45, 7) is 6.17. The highest BCUT2D eigenvalue weighted by molar-refractivity contribution is 5.72. The van der Waals surface area contributed by atoms with Gasteiger partial charge in [0.05, 0.1) is 29.3 Å². The molecule has 3 aromatic rings. The van der Waals surface area contributed by atoms with Gasteiger partial charge in [-0.2, -0.15) is 5.10 Å². The van der Waals surface area contributed by atoms with Crippen molar-refractivity contribution in [2.45, 2.75) is 51.5 Å². The SMILES string of the molecule is Cc1nn(C2CCCC2)c2c1-c1nc(Nc3ccc(N4CCNCC4)cn3)ncc1CC2. The van der Waals surface area contributed by atoms with Gasteiger partial charge in [-0.25, -0.2) is 15.0 Å². The van der Waals surface area contributed by atoms with E-state index in [4.69, 9.17) is 10.1 Å². The first-order valence-electron chi connectivity index (χ1n) is 11.9. The van der Waals surface area contributed by atoms with Crippen molar-refractivity contribution < 1.29 is 0 Å². The Hall–Kier alpha value is -3.00. The minimum atomic E-state index is 0.553. The van der Waals surface area contributed by atoms with E-state index in [1.807, 2.05) is 18.5 Å². The lowest BCUT2D eigenvalue weighted by molar-refractivity contribution is 0.447. The largest absolute Gasteiger partial charge is 0.368 e. The second-order valence-electron chi connectivity index (χ2n) is 9.12. The summed E-state index contributed by atoms with van der Waals surface area (Å²) >= 11 is 0. The molecule has 8 nitrogen and oxygen atoms in total. The quantitative estimate of drug-likeness (QED) is 0.656. The molecule has 166 valence electrons. The average molecular weight is 431 g/mol. The molecule has 2 N–H and O–H groups in total.